The summed E-state index contributed by atoms with van der Waals surface area (Å²) in [5.74, 6) is 0.988. The Kier molecular flexibility index (Phi) is 8.08. The molecule has 7 nitrogen and oxygen atoms in total. The number of aliphatic imine (C=N–C) groups is 1. The van der Waals surface area contributed by atoms with Gasteiger partial charge in [-0.1, -0.05) is 12.1 Å². The number of benzene rings is 1. The molecule has 0 unspecified atom stereocenters. The van der Waals surface area contributed by atoms with Crippen LogP contribution in [0.25, 0.3) is 0 Å². The molecule has 0 spiro atoms. The number of amides is 1. The van der Waals surface area contributed by atoms with Crippen molar-refractivity contribution in [2.75, 3.05) is 25.0 Å². The molecule has 1 aromatic heterocycles. The number of nitrogens with zero attached hydrogens (tertiary/aromatic N) is 4. The molecule has 146 valence electrons. The molecule has 0 atom stereocenters. The van der Waals surface area contributed by atoms with Gasteiger partial charge in [0.1, 0.15) is 0 Å². The molecule has 0 radical (unpaired) electrons. The zero-order valence-corrected chi connectivity index (χ0v) is 18.1. The molecule has 2 heterocycles. The Balaban J connectivity index is 0.00000261. The van der Waals surface area contributed by atoms with Gasteiger partial charge in [-0.3, -0.25) is 14.5 Å². The number of rotatable bonds is 6. The first-order valence-corrected chi connectivity index (χ1v) is 8.97. The highest BCUT2D eigenvalue weighted by Gasteiger charge is 2.21. The van der Waals surface area contributed by atoms with Crippen LogP contribution in [0.1, 0.15) is 24.0 Å². The van der Waals surface area contributed by atoms with Gasteiger partial charge in [0.05, 0.1) is 6.20 Å². The second kappa shape index (κ2) is 10.3. The van der Waals surface area contributed by atoms with E-state index < -0.39 is 0 Å². The zero-order chi connectivity index (χ0) is 18.4. The van der Waals surface area contributed by atoms with Crippen LogP contribution in [0.4, 0.5) is 5.69 Å². The van der Waals surface area contributed by atoms with Crippen molar-refractivity contribution in [3.05, 3.63) is 47.8 Å². The van der Waals surface area contributed by atoms with Crippen LogP contribution in [0.5, 0.6) is 0 Å². The molecule has 0 aliphatic carbocycles. The van der Waals surface area contributed by atoms with E-state index in [-0.39, 0.29) is 29.9 Å². The van der Waals surface area contributed by atoms with Crippen molar-refractivity contribution in [1.82, 2.24) is 20.4 Å². The zero-order valence-electron chi connectivity index (χ0n) is 15.8. The maximum absolute atomic E-state index is 11.8. The molecule has 27 heavy (non-hydrogen) atoms. The third kappa shape index (κ3) is 5.95. The summed E-state index contributed by atoms with van der Waals surface area (Å²) in [4.78, 5) is 17.9. The largest absolute Gasteiger partial charge is 0.356 e. The van der Waals surface area contributed by atoms with Gasteiger partial charge in [0.15, 0.2) is 5.96 Å². The molecular formula is C19H27IN6O. The van der Waals surface area contributed by atoms with Gasteiger partial charge in [0.2, 0.25) is 5.91 Å². The minimum atomic E-state index is 0. The number of aryl methyl sites for hydroxylation is 1. The number of carbonyl (C=O) groups excluding carboxylic acids is 1. The number of halogens is 1. The third-order valence-corrected chi connectivity index (χ3v) is 4.47. The summed E-state index contributed by atoms with van der Waals surface area (Å²) in [6.45, 7) is 2.30. The van der Waals surface area contributed by atoms with Crippen LogP contribution in [0.15, 0.2) is 41.7 Å². The Hall–Kier alpha value is -2.10. The smallest absolute Gasteiger partial charge is 0.227 e. The number of hydrogen-bond donors (Lipinski definition) is 2. The van der Waals surface area contributed by atoms with Gasteiger partial charge >= 0.3 is 0 Å². The van der Waals surface area contributed by atoms with E-state index in [0.29, 0.717) is 13.0 Å². The molecular weight excluding hydrogens is 455 g/mol. The second-order valence-corrected chi connectivity index (χ2v) is 6.44. The van der Waals surface area contributed by atoms with Crippen LogP contribution in [0.3, 0.4) is 0 Å². The highest BCUT2D eigenvalue weighted by atomic mass is 127. The SMILES string of the molecule is CN=C(NCCc1cnn(C)c1)NCc1ccc(N2CCCC2=O)cc1.I. The lowest BCUT2D eigenvalue weighted by Crippen LogP contribution is -2.37. The fourth-order valence-electron chi connectivity index (χ4n) is 3.05. The minimum Gasteiger partial charge on any atom is -0.356 e. The number of nitrogens with one attached hydrogen (secondary N) is 2. The molecule has 1 amide bonds. The molecule has 2 N–H and O–H groups in total. The Morgan fingerprint density at radius 1 is 1.22 bits per heavy atom. The summed E-state index contributed by atoms with van der Waals surface area (Å²) in [5.41, 5.74) is 3.33. The van der Waals surface area contributed by atoms with E-state index in [4.69, 9.17) is 0 Å². The quantitative estimate of drug-likeness (QED) is 0.376. The van der Waals surface area contributed by atoms with Gasteiger partial charge in [-0.25, -0.2) is 0 Å². The van der Waals surface area contributed by atoms with E-state index in [0.717, 1.165) is 43.1 Å². The van der Waals surface area contributed by atoms with Crippen LogP contribution in [-0.2, 0) is 24.8 Å². The van der Waals surface area contributed by atoms with Gasteiger partial charge < -0.3 is 15.5 Å². The summed E-state index contributed by atoms with van der Waals surface area (Å²) >= 11 is 0. The average Bonchev–Trinajstić information content (AvgIpc) is 3.26. The normalized spacial score (nSPS) is 14.2. The third-order valence-electron chi connectivity index (χ3n) is 4.47. The molecule has 0 bridgehead atoms. The van der Waals surface area contributed by atoms with Crippen LogP contribution in [0, 0.1) is 0 Å². The van der Waals surface area contributed by atoms with Gasteiger partial charge in [0, 0.05) is 52.0 Å². The van der Waals surface area contributed by atoms with E-state index in [1.807, 2.05) is 41.2 Å². The predicted octanol–water partition coefficient (Wildman–Crippen LogP) is 2.07. The van der Waals surface area contributed by atoms with Crippen molar-refractivity contribution in [3.8, 4) is 0 Å². The van der Waals surface area contributed by atoms with Crippen LogP contribution < -0.4 is 15.5 Å². The number of carbonyl (C=O) groups is 1. The summed E-state index contributed by atoms with van der Waals surface area (Å²) in [6.07, 6.45) is 6.40. The standard InChI is InChI=1S/C19H26N6O.HI/c1-20-19(21-10-9-16-13-23-24(2)14-16)22-12-15-5-7-17(8-6-15)25-11-3-4-18(25)26;/h5-8,13-14H,3-4,9-12H2,1-2H3,(H2,20,21,22);1H. The monoisotopic (exact) mass is 482 g/mol. The fourth-order valence-corrected chi connectivity index (χ4v) is 3.05. The Bertz CT molecular complexity index is 771. The first kappa shape index (κ1) is 21.2. The number of guanidine groups is 1. The van der Waals surface area contributed by atoms with Crippen molar-refractivity contribution in [1.29, 1.82) is 0 Å². The fraction of sp³-hybridized carbons (Fsp3) is 0.421. The number of anilines is 1. The van der Waals surface area contributed by atoms with Crippen molar-refractivity contribution in [3.63, 3.8) is 0 Å². The summed E-state index contributed by atoms with van der Waals surface area (Å²) in [6, 6.07) is 8.13. The molecule has 0 saturated carbocycles. The molecule has 8 heteroatoms. The van der Waals surface area contributed by atoms with E-state index >= 15 is 0 Å². The number of hydrogen-bond acceptors (Lipinski definition) is 3. The summed E-state index contributed by atoms with van der Waals surface area (Å²) < 4.78 is 1.81. The Labute approximate surface area is 177 Å². The maximum Gasteiger partial charge on any atom is 0.227 e. The van der Waals surface area contributed by atoms with Crippen LogP contribution in [-0.4, -0.2) is 41.8 Å². The highest BCUT2D eigenvalue weighted by Crippen LogP contribution is 2.21. The summed E-state index contributed by atoms with van der Waals surface area (Å²) in [7, 11) is 3.68. The molecule has 1 aliphatic rings. The molecule has 1 fully saturated rings. The summed E-state index contributed by atoms with van der Waals surface area (Å²) in [5, 5.41) is 10.8. The average molecular weight is 482 g/mol. The van der Waals surface area contributed by atoms with E-state index in [2.05, 4.69) is 32.9 Å². The minimum absolute atomic E-state index is 0. The molecule has 2 aromatic rings. The second-order valence-electron chi connectivity index (χ2n) is 6.44. The molecule has 1 aromatic carbocycles. The predicted molar refractivity (Wildman–Crippen MR) is 119 cm³/mol. The Morgan fingerprint density at radius 3 is 2.59 bits per heavy atom. The van der Waals surface area contributed by atoms with Crippen molar-refractivity contribution in [2.24, 2.45) is 12.0 Å². The van der Waals surface area contributed by atoms with Crippen LogP contribution in [0.2, 0.25) is 0 Å². The van der Waals surface area contributed by atoms with Crippen molar-refractivity contribution < 1.29 is 4.79 Å². The lowest BCUT2D eigenvalue weighted by molar-refractivity contribution is -0.117. The number of aromatic nitrogens is 2. The Morgan fingerprint density at radius 2 is 2.00 bits per heavy atom. The van der Waals surface area contributed by atoms with Gasteiger partial charge in [-0.15, -0.1) is 24.0 Å². The lowest BCUT2D eigenvalue weighted by Gasteiger charge is -2.16. The molecule has 3 rings (SSSR count). The lowest BCUT2D eigenvalue weighted by atomic mass is 10.2. The van der Waals surface area contributed by atoms with Crippen molar-refractivity contribution in [2.45, 2.75) is 25.8 Å². The van der Waals surface area contributed by atoms with Crippen molar-refractivity contribution >= 4 is 41.5 Å². The van der Waals surface area contributed by atoms with E-state index in [1.165, 1.54) is 5.56 Å². The highest BCUT2D eigenvalue weighted by molar-refractivity contribution is 14.0. The first-order chi connectivity index (χ1) is 12.7. The van der Waals surface area contributed by atoms with E-state index in [1.54, 1.807) is 7.05 Å². The molecule has 1 saturated heterocycles. The van der Waals surface area contributed by atoms with Gasteiger partial charge in [-0.05, 0) is 36.1 Å². The van der Waals surface area contributed by atoms with Gasteiger partial charge in [-0.2, -0.15) is 5.10 Å². The molecule has 1 aliphatic heterocycles. The van der Waals surface area contributed by atoms with Gasteiger partial charge in [0.25, 0.3) is 0 Å². The topological polar surface area (TPSA) is 74.6 Å². The maximum atomic E-state index is 11.8. The van der Waals surface area contributed by atoms with Crippen LogP contribution >= 0.6 is 24.0 Å². The van der Waals surface area contributed by atoms with E-state index in [9.17, 15) is 4.79 Å². The first-order valence-electron chi connectivity index (χ1n) is 8.97.